The van der Waals surface area contributed by atoms with Crippen LogP contribution in [0.1, 0.15) is 13.0 Å². The molecule has 2 N–H and O–H groups in total. The number of carboxylic acid groups (broad SMARTS) is 1. The molecule has 1 heterocycles. The summed E-state index contributed by atoms with van der Waals surface area (Å²) in [6.45, 7) is 1.44. The van der Waals surface area contributed by atoms with Gasteiger partial charge in [-0.3, -0.25) is 4.57 Å². The number of aliphatic carboxylic acids is 1. The molecular weight excluding hydrogens is 232 g/mol. The number of benzene rings is 1. The molecule has 0 spiro atoms. The van der Waals surface area contributed by atoms with Crippen LogP contribution in [0.15, 0.2) is 23.0 Å². The van der Waals surface area contributed by atoms with Gasteiger partial charge >= 0.3 is 11.7 Å². The van der Waals surface area contributed by atoms with Crippen molar-refractivity contribution in [2.75, 3.05) is 0 Å². The Bertz CT molecular complexity index is 614. The van der Waals surface area contributed by atoms with Crippen LogP contribution in [-0.4, -0.2) is 20.6 Å². The van der Waals surface area contributed by atoms with Crippen LogP contribution in [0.2, 0.25) is 5.02 Å². The van der Waals surface area contributed by atoms with E-state index < -0.39 is 17.7 Å². The third kappa shape index (κ3) is 1.49. The monoisotopic (exact) mass is 240 g/mol. The SMILES string of the molecule is CC(C(=O)O)n1c(=O)[nH]c2c(Cl)cccc21. The molecule has 0 aliphatic carbocycles. The van der Waals surface area contributed by atoms with Gasteiger partial charge in [0.05, 0.1) is 16.1 Å². The maximum Gasteiger partial charge on any atom is 0.327 e. The van der Waals surface area contributed by atoms with E-state index in [9.17, 15) is 9.59 Å². The van der Waals surface area contributed by atoms with Gasteiger partial charge in [-0.25, -0.2) is 9.59 Å². The molecule has 0 radical (unpaired) electrons. The molecule has 5 nitrogen and oxygen atoms in total. The first-order chi connectivity index (χ1) is 7.52. The second-order valence-corrected chi connectivity index (χ2v) is 3.86. The van der Waals surface area contributed by atoms with E-state index >= 15 is 0 Å². The van der Waals surface area contributed by atoms with E-state index in [0.717, 1.165) is 0 Å². The number of hydrogen-bond acceptors (Lipinski definition) is 2. The van der Waals surface area contributed by atoms with Crippen LogP contribution in [0, 0.1) is 0 Å². The summed E-state index contributed by atoms with van der Waals surface area (Å²) in [6, 6.07) is 4.02. The highest BCUT2D eigenvalue weighted by Gasteiger charge is 2.19. The lowest BCUT2D eigenvalue weighted by Gasteiger charge is -2.07. The number of rotatable bonds is 2. The minimum Gasteiger partial charge on any atom is -0.480 e. The van der Waals surface area contributed by atoms with Crippen molar-refractivity contribution in [2.24, 2.45) is 0 Å². The second-order valence-electron chi connectivity index (χ2n) is 3.45. The molecule has 1 unspecified atom stereocenters. The number of nitrogens with one attached hydrogen (secondary N) is 1. The molecule has 2 aromatic rings. The standard InChI is InChI=1S/C10H9ClN2O3/c1-5(9(14)15)13-7-4-2-3-6(11)8(7)12-10(13)16/h2-5H,1H3,(H,12,16)(H,14,15). The third-order valence-corrected chi connectivity index (χ3v) is 2.76. The van der Waals surface area contributed by atoms with Gasteiger partial charge in [0.25, 0.3) is 0 Å². The van der Waals surface area contributed by atoms with E-state index in [1.54, 1.807) is 18.2 Å². The van der Waals surface area contributed by atoms with Crippen LogP contribution in [0.25, 0.3) is 11.0 Å². The van der Waals surface area contributed by atoms with E-state index in [-0.39, 0.29) is 0 Å². The highest BCUT2D eigenvalue weighted by atomic mass is 35.5. The summed E-state index contributed by atoms with van der Waals surface area (Å²) < 4.78 is 1.17. The van der Waals surface area contributed by atoms with Crippen molar-refractivity contribution in [3.8, 4) is 0 Å². The smallest absolute Gasteiger partial charge is 0.327 e. The van der Waals surface area contributed by atoms with Crippen molar-refractivity contribution in [3.05, 3.63) is 33.7 Å². The molecule has 0 saturated carbocycles. The molecule has 16 heavy (non-hydrogen) atoms. The van der Waals surface area contributed by atoms with Gasteiger partial charge in [-0.05, 0) is 19.1 Å². The van der Waals surface area contributed by atoms with Crippen LogP contribution in [0.4, 0.5) is 0 Å². The molecule has 1 aromatic heterocycles. The zero-order valence-corrected chi connectivity index (χ0v) is 9.15. The number of fused-ring (bicyclic) bond motifs is 1. The Hall–Kier alpha value is -1.75. The largest absolute Gasteiger partial charge is 0.480 e. The summed E-state index contributed by atoms with van der Waals surface area (Å²) in [5.74, 6) is -1.07. The normalized spacial score (nSPS) is 12.9. The fourth-order valence-electron chi connectivity index (χ4n) is 1.61. The van der Waals surface area contributed by atoms with E-state index in [2.05, 4.69) is 4.98 Å². The summed E-state index contributed by atoms with van der Waals surface area (Å²) in [4.78, 5) is 25.0. The summed E-state index contributed by atoms with van der Waals surface area (Å²) in [5, 5.41) is 9.29. The number of halogens is 1. The number of hydrogen-bond donors (Lipinski definition) is 2. The lowest BCUT2D eigenvalue weighted by molar-refractivity contribution is -0.140. The molecule has 0 bridgehead atoms. The Morgan fingerprint density at radius 1 is 1.56 bits per heavy atom. The Labute approximate surface area is 95.3 Å². The molecule has 0 amide bonds. The minimum atomic E-state index is -1.07. The first kappa shape index (κ1) is 10.8. The number of carbonyl (C=O) groups is 1. The van der Waals surface area contributed by atoms with Crippen molar-refractivity contribution in [1.82, 2.24) is 9.55 Å². The quantitative estimate of drug-likeness (QED) is 0.838. The molecule has 0 fully saturated rings. The Morgan fingerprint density at radius 3 is 2.88 bits per heavy atom. The highest BCUT2D eigenvalue weighted by molar-refractivity contribution is 6.34. The molecule has 84 valence electrons. The van der Waals surface area contributed by atoms with Crippen molar-refractivity contribution in [2.45, 2.75) is 13.0 Å². The first-order valence-corrected chi connectivity index (χ1v) is 5.01. The van der Waals surface area contributed by atoms with Crippen LogP contribution in [0.3, 0.4) is 0 Å². The Morgan fingerprint density at radius 2 is 2.25 bits per heavy atom. The van der Waals surface area contributed by atoms with Crippen molar-refractivity contribution in [3.63, 3.8) is 0 Å². The fraction of sp³-hybridized carbons (Fsp3) is 0.200. The number of aromatic amines is 1. The van der Waals surface area contributed by atoms with E-state index in [1.165, 1.54) is 11.5 Å². The lowest BCUT2D eigenvalue weighted by atomic mass is 10.3. The van der Waals surface area contributed by atoms with Crippen molar-refractivity contribution >= 4 is 28.6 Å². The van der Waals surface area contributed by atoms with E-state index in [1.807, 2.05) is 0 Å². The maximum absolute atomic E-state index is 11.6. The minimum absolute atomic E-state index is 0.394. The Kier molecular flexibility index (Phi) is 2.47. The van der Waals surface area contributed by atoms with Crippen molar-refractivity contribution in [1.29, 1.82) is 0 Å². The topological polar surface area (TPSA) is 75.1 Å². The van der Waals surface area contributed by atoms with E-state index in [0.29, 0.717) is 16.1 Å². The number of para-hydroxylation sites is 1. The zero-order valence-electron chi connectivity index (χ0n) is 8.40. The second kappa shape index (κ2) is 3.68. The molecule has 2 rings (SSSR count). The number of nitrogens with zero attached hydrogens (tertiary/aromatic N) is 1. The first-order valence-electron chi connectivity index (χ1n) is 4.64. The third-order valence-electron chi connectivity index (χ3n) is 2.45. The summed E-state index contributed by atoms with van der Waals surface area (Å²) in [7, 11) is 0. The zero-order chi connectivity index (χ0) is 11.9. The highest BCUT2D eigenvalue weighted by Crippen LogP contribution is 2.22. The van der Waals surface area contributed by atoms with Gasteiger partial charge in [0.2, 0.25) is 0 Å². The number of carboxylic acids is 1. The fourth-order valence-corrected chi connectivity index (χ4v) is 1.83. The molecule has 1 atom stereocenters. The Balaban J connectivity index is 2.80. The van der Waals surface area contributed by atoms with Gasteiger partial charge in [-0.2, -0.15) is 0 Å². The van der Waals surface area contributed by atoms with E-state index in [4.69, 9.17) is 16.7 Å². The molecule has 0 saturated heterocycles. The van der Waals surface area contributed by atoms with Gasteiger partial charge in [0.1, 0.15) is 6.04 Å². The predicted molar refractivity (Wildman–Crippen MR) is 59.9 cm³/mol. The van der Waals surface area contributed by atoms with Gasteiger partial charge in [-0.15, -0.1) is 0 Å². The van der Waals surface area contributed by atoms with Gasteiger partial charge in [-0.1, -0.05) is 17.7 Å². The van der Waals surface area contributed by atoms with Crippen LogP contribution >= 0.6 is 11.6 Å². The average Bonchev–Trinajstić information content (AvgIpc) is 2.55. The van der Waals surface area contributed by atoms with Gasteiger partial charge < -0.3 is 10.1 Å². The number of H-pyrrole nitrogens is 1. The summed E-state index contributed by atoms with van der Waals surface area (Å²) in [5.41, 5.74) is 0.479. The predicted octanol–water partition coefficient (Wildman–Crippen LogP) is 1.63. The maximum atomic E-state index is 11.6. The number of aromatic nitrogens is 2. The molecule has 1 aromatic carbocycles. The molecule has 0 aliphatic heterocycles. The van der Waals surface area contributed by atoms with Crippen LogP contribution in [0.5, 0.6) is 0 Å². The van der Waals surface area contributed by atoms with Gasteiger partial charge in [0.15, 0.2) is 0 Å². The summed E-state index contributed by atoms with van der Waals surface area (Å²) >= 11 is 5.90. The lowest BCUT2D eigenvalue weighted by Crippen LogP contribution is -2.25. The van der Waals surface area contributed by atoms with Crippen LogP contribution < -0.4 is 5.69 Å². The van der Waals surface area contributed by atoms with Gasteiger partial charge in [0, 0.05) is 0 Å². The average molecular weight is 241 g/mol. The molecular formula is C10H9ClN2O3. The number of imidazole rings is 1. The molecule has 0 aliphatic rings. The van der Waals surface area contributed by atoms with Crippen molar-refractivity contribution < 1.29 is 9.90 Å². The molecule has 6 heteroatoms. The van der Waals surface area contributed by atoms with Crippen LogP contribution in [-0.2, 0) is 4.79 Å². The summed E-state index contributed by atoms with van der Waals surface area (Å²) in [6.07, 6.45) is 0.